The van der Waals surface area contributed by atoms with Crippen molar-refractivity contribution in [1.82, 2.24) is 14.9 Å². The van der Waals surface area contributed by atoms with Crippen LogP contribution in [0.1, 0.15) is 16.9 Å². The van der Waals surface area contributed by atoms with E-state index in [0.717, 1.165) is 37.3 Å². The highest BCUT2D eigenvalue weighted by Gasteiger charge is 2.44. The number of pyridine rings is 2. The normalized spacial score (nSPS) is 21.1. The summed E-state index contributed by atoms with van der Waals surface area (Å²) in [5, 5.41) is 3.56. The third kappa shape index (κ3) is 5.46. The lowest BCUT2D eigenvalue weighted by molar-refractivity contribution is -0.177. The van der Waals surface area contributed by atoms with Crippen molar-refractivity contribution in [2.45, 2.75) is 18.6 Å². The van der Waals surface area contributed by atoms with Crippen LogP contribution in [-0.4, -0.2) is 79.3 Å². The van der Waals surface area contributed by atoms with Crippen LogP contribution in [0.25, 0.3) is 10.9 Å². The molecule has 3 aromatic rings. The maximum absolute atomic E-state index is 13.5. The van der Waals surface area contributed by atoms with Crippen molar-refractivity contribution in [3.8, 4) is 0 Å². The first-order valence-electron chi connectivity index (χ1n) is 12.5. The number of amides is 1. The molecule has 0 spiro atoms. The van der Waals surface area contributed by atoms with Crippen LogP contribution in [0.3, 0.4) is 0 Å². The minimum absolute atomic E-state index is 0.0337. The first kappa shape index (κ1) is 26.0. The van der Waals surface area contributed by atoms with Crippen molar-refractivity contribution in [3.05, 3.63) is 48.4 Å². The summed E-state index contributed by atoms with van der Waals surface area (Å²) in [6, 6.07) is 8.52. The number of nitrogens with zero attached hydrogens (tertiary/aromatic N) is 5. The molecule has 2 aromatic heterocycles. The summed E-state index contributed by atoms with van der Waals surface area (Å²) in [6.07, 6.45) is -1.63. The highest BCUT2D eigenvalue weighted by molar-refractivity contribution is 6.09. The number of benzene rings is 1. The van der Waals surface area contributed by atoms with Gasteiger partial charge >= 0.3 is 6.18 Å². The number of piperazine rings is 1. The number of carbonyl (C=O) groups excluding carboxylic acids is 1. The number of hydrogen-bond donors (Lipinski definition) is 3. The predicted octanol–water partition coefficient (Wildman–Crippen LogP) is 2.93. The standard InChI is InChI=1S/C26H31F3N8O/c1-35-6-8-36(9-7-35)19-3-2-16-10-20(31)24(33-21(16)12-19)25(38)34-22-13-32-5-4-23(22)37-14-17(26(27,28)29)11-18(30)15-37/h2-5,10,12-13,17-18H,6-9,11,14-15,30-31H2,1H3,(H,34,38)/t17-,18-/m1/s1. The minimum Gasteiger partial charge on any atom is -0.397 e. The zero-order chi connectivity index (χ0) is 27.0. The van der Waals surface area contributed by atoms with Gasteiger partial charge in [-0.15, -0.1) is 0 Å². The van der Waals surface area contributed by atoms with Gasteiger partial charge in [-0.2, -0.15) is 13.2 Å². The van der Waals surface area contributed by atoms with Gasteiger partial charge in [0.05, 0.1) is 34.7 Å². The maximum Gasteiger partial charge on any atom is 0.393 e. The molecule has 38 heavy (non-hydrogen) atoms. The topological polar surface area (TPSA) is 117 Å². The molecule has 0 saturated carbocycles. The highest BCUT2D eigenvalue weighted by atomic mass is 19.4. The van der Waals surface area contributed by atoms with Crippen LogP contribution < -0.4 is 26.6 Å². The molecule has 12 heteroatoms. The molecule has 9 nitrogen and oxygen atoms in total. The number of carbonyl (C=O) groups is 1. The second-order valence-corrected chi connectivity index (χ2v) is 10.1. The number of nitrogens with two attached hydrogens (primary N) is 2. The number of fused-ring (bicyclic) bond motifs is 1. The van der Waals surface area contributed by atoms with Gasteiger partial charge in [0.2, 0.25) is 0 Å². The van der Waals surface area contributed by atoms with Crippen LogP contribution >= 0.6 is 0 Å². The Bertz CT molecular complexity index is 1330. The van der Waals surface area contributed by atoms with Crippen molar-refractivity contribution in [3.63, 3.8) is 0 Å². The molecule has 2 aliphatic heterocycles. The predicted molar refractivity (Wildman–Crippen MR) is 142 cm³/mol. The number of halogens is 3. The largest absolute Gasteiger partial charge is 0.397 e. The van der Waals surface area contributed by atoms with Gasteiger partial charge in [0.25, 0.3) is 5.91 Å². The second kappa shape index (κ2) is 10.3. The van der Waals surface area contributed by atoms with E-state index >= 15 is 0 Å². The average molecular weight is 529 g/mol. The van der Waals surface area contributed by atoms with Crippen molar-refractivity contribution in [2.24, 2.45) is 11.7 Å². The van der Waals surface area contributed by atoms with E-state index in [1.807, 2.05) is 18.2 Å². The lowest BCUT2D eigenvalue weighted by atomic mass is 9.93. The minimum atomic E-state index is -4.36. The fourth-order valence-electron chi connectivity index (χ4n) is 5.13. The first-order valence-corrected chi connectivity index (χ1v) is 12.5. The average Bonchev–Trinajstić information content (AvgIpc) is 2.88. The van der Waals surface area contributed by atoms with Crippen LogP contribution in [-0.2, 0) is 0 Å². The summed E-state index contributed by atoms with van der Waals surface area (Å²) in [4.78, 5) is 28.0. The third-order valence-electron chi connectivity index (χ3n) is 7.25. The van der Waals surface area contributed by atoms with E-state index in [2.05, 4.69) is 32.1 Å². The Balaban J connectivity index is 1.40. The fraction of sp³-hybridized carbons (Fsp3) is 0.423. The van der Waals surface area contributed by atoms with Crippen molar-refractivity contribution in [1.29, 1.82) is 0 Å². The molecule has 0 radical (unpaired) electrons. The molecule has 2 atom stereocenters. The Kier molecular flexibility index (Phi) is 7.01. The van der Waals surface area contributed by atoms with Gasteiger partial charge in [-0.05, 0) is 37.7 Å². The SMILES string of the molecule is CN1CCN(c2ccc3cc(N)c(C(=O)Nc4cnccc4N4C[C@H](N)C[C@@H](C(F)(F)F)C4)nc3c2)CC1. The molecule has 4 heterocycles. The highest BCUT2D eigenvalue weighted by Crippen LogP contribution is 2.36. The Labute approximate surface area is 218 Å². The molecule has 2 saturated heterocycles. The quantitative estimate of drug-likeness (QED) is 0.474. The molecule has 0 bridgehead atoms. The van der Waals surface area contributed by atoms with E-state index in [0.29, 0.717) is 11.2 Å². The Morgan fingerprint density at radius 3 is 2.58 bits per heavy atom. The number of alkyl halides is 3. The Morgan fingerprint density at radius 2 is 1.84 bits per heavy atom. The third-order valence-corrected chi connectivity index (χ3v) is 7.25. The number of nitrogens with one attached hydrogen (secondary N) is 1. The molecule has 1 amide bonds. The summed E-state index contributed by atoms with van der Waals surface area (Å²) in [5.41, 5.74) is 14.7. The van der Waals surface area contributed by atoms with Crippen LogP contribution in [0.2, 0.25) is 0 Å². The monoisotopic (exact) mass is 528 g/mol. The number of hydrogen-bond acceptors (Lipinski definition) is 8. The molecule has 0 unspecified atom stereocenters. The van der Waals surface area contributed by atoms with E-state index in [1.54, 1.807) is 17.0 Å². The molecule has 202 valence electrons. The van der Waals surface area contributed by atoms with Gasteiger partial charge in [0.15, 0.2) is 5.69 Å². The van der Waals surface area contributed by atoms with Gasteiger partial charge in [0.1, 0.15) is 0 Å². The molecule has 1 aromatic carbocycles. The van der Waals surface area contributed by atoms with E-state index in [4.69, 9.17) is 11.5 Å². The van der Waals surface area contributed by atoms with Crippen LogP contribution in [0.5, 0.6) is 0 Å². The zero-order valence-electron chi connectivity index (χ0n) is 21.1. The number of piperidine rings is 1. The molecular weight excluding hydrogens is 497 g/mol. The van der Waals surface area contributed by atoms with E-state index in [-0.39, 0.29) is 36.6 Å². The van der Waals surface area contributed by atoms with Crippen molar-refractivity contribution < 1.29 is 18.0 Å². The first-order chi connectivity index (χ1) is 18.1. The van der Waals surface area contributed by atoms with Gasteiger partial charge in [-0.25, -0.2) is 4.98 Å². The van der Waals surface area contributed by atoms with Crippen molar-refractivity contribution in [2.75, 3.05) is 67.2 Å². The summed E-state index contributed by atoms with van der Waals surface area (Å²) in [7, 11) is 2.09. The summed E-state index contributed by atoms with van der Waals surface area (Å²) in [6.45, 7) is 3.67. The second-order valence-electron chi connectivity index (χ2n) is 10.1. The van der Waals surface area contributed by atoms with Crippen molar-refractivity contribution >= 4 is 39.6 Å². The van der Waals surface area contributed by atoms with Crippen LogP contribution in [0.15, 0.2) is 42.7 Å². The number of nitrogen functional groups attached to an aromatic ring is 1. The lowest BCUT2D eigenvalue weighted by Gasteiger charge is -2.39. The molecule has 5 rings (SSSR count). The Morgan fingerprint density at radius 1 is 1.08 bits per heavy atom. The fourth-order valence-corrected chi connectivity index (χ4v) is 5.13. The Hall–Kier alpha value is -3.64. The summed E-state index contributed by atoms with van der Waals surface area (Å²) >= 11 is 0. The summed E-state index contributed by atoms with van der Waals surface area (Å²) < 4.78 is 40.4. The molecular formula is C26H31F3N8O. The van der Waals surface area contributed by atoms with Gasteiger partial charge in [0, 0.05) is 62.6 Å². The van der Waals surface area contributed by atoms with E-state index < -0.39 is 24.0 Å². The van der Waals surface area contributed by atoms with E-state index in [9.17, 15) is 18.0 Å². The number of anilines is 4. The molecule has 2 fully saturated rings. The maximum atomic E-state index is 13.5. The van der Waals surface area contributed by atoms with Crippen LogP contribution in [0.4, 0.5) is 35.9 Å². The summed E-state index contributed by atoms with van der Waals surface area (Å²) in [5.74, 6) is -2.13. The number of rotatable bonds is 4. The number of likely N-dealkylation sites (N-methyl/N-ethyl adjacent to an activating group) is 1. The lowest BCUT2D eigenvalue weighted by Crippen LogP contribution is -2.51. The zero-order valence-corrected chi connectivity index (χ0v) is 21.1. The molecule has 5 N–H and O–H groups in total. The smallest absolute Gasteiger partial charge is 0.393 e. The molecule has 0 aliphatic carbocycles. The van der Waals surface area contributed by atoms with Gasteiger partial charge in [-0.1, -0.05) is 6.07 Å². The van der Waals surface area contributed by atoms with E-state index in [1.165, 1.54) is 12.4 Å². The van der Waals surface area contributed by atoms with Gasteiger partial charge in [-0.3, -0.25) is 9.78 Å². The van der Waals surface area contributed by atoms with Gasteiger partial charge < -0.3 is 31.5 Å². The van der Waals surface area contributed by atoms with Crippen LogP contribution in [0, 0.1) is 5.92 Å². The molecule has 2 aliphatic rings. The number of aromatic nitrogens is 2.